The Bertz CT molecular complexity index is 826. The molecule has 0 aromatic heterocycles. The average Bonchev–Trinajstić information content (AvgIpc) is 3.13. The number of aliphatic hydroxyl groups is 1. The zero-order chi connectivity index (χ0) is 19.9. The van der Waals surface area contributed by atoms with E-state index in [1.807, 2.05) is 6.07 Å². The molecule has 0 amide bonds. The Morgan fingerprint density at radius 3 is 2.71 bits per heavy atom. The Kier molecular flexibility index (Phi) is 7.01. The van der Waals surface area contributed by atoms with E-state index in [-0.39, 0.29) is 12.6 Å². The van der Waals surface area contributed by atoms with Crippen LogP contribution in [0.4, 0.5) is 0 Å². The fraction of sp³-hybridized carbons (Fsp3) is 0.375. The molecular weight excluding hydrogens is 350 g/mol. The number of nitrogens with zero attached hydrogens (tertiary/aromatic N) is 1. The lowest BCUT2D eigenvalue weighted by atomic mass is 10.0. The minimum atomic E-state index is -0.344. The van der Waals surface area contributed by atoms with E-state index in [0.717, 1.165) is 31.4 Å². The summed E-state index contributed by atoms with van der Waals surface area (Å²) in [6.45, 7) is 3.88. The summed E-state index contributed by atoms with van der Waals surface area (Å²) in [6.07, 6.45) is 6.31. The summed E-state index contributed by atoms with van der Waals surface area (Å²) in [5, 5.41) is 9.57. The molecule has 4 nitrogen and oxygen atoms in total. The van der Waals surface area contributed by atoms with Crippen LogP contribution < -0.4 is 0 Å². The van der Waals surface area contributed by atoms with Crippen molar-refractivity contribution >= 4 is 12.0 Å². The van der Waals surface area contributed by atoms with Gasteiger partial charge in [0.2, 0.25) is 0 Å². The number of aliphatic hydroxyl groups excluding tert-OH is 1. The number of esters is 1. The van der Waals surface area contributed by atoms with Crippen LogP contribution in [-0.2, 0) is 22.4 Å². The predicted octanol–water partition coefficient (Wildman–Crippen LogP) is 3.71. The highest BCUT2D eigenvalue weighted by atomic mass is 16.5. The lowest BCUT2D eigenvalue weighted by Gasteiger charge is -2.29. The number of carbonyl (C=O) groups is 1. The van der Waals surface area contributed by atoms with Crippen molar-refractivity contribution in [1.29, 1.82) is 0 Å². The topological polar surface area (TPSA) is 49.8 Å². The first-order valence-corrected chi connectivity index (χ1v) is 9.90. The molecule has 1 N–H and O–H groups in total. The molecule has 0 radical (unpaired) electrons. The number of carbonyl (C=O) groups excluding carboxylic acids is 1. The number of ether oxygens (including phenoxy) is 1. The van der Waals surface area contributed by atoms with E-state index >= 15 is 0 Å². The van der Waals surface area contributed by atoms with E-state index in [1.165, 1.54) is 35.4 Å². The maximum atomic E-state index is 11.3. The van der Waals surface area contributed by atoms with E-state index in [9.17, 15) is 9.90 Å². The Labute approximate surface area is 167 Å². The number of hydrogen-bond donors (Lipinski definition) is 1. The minimum absolute atomic E-state index is 0.166. The maximum absolute atomic E-state index is 11.3. The van der Waals surface area contributed by atoms with Crippen LogP contribution in [0.3, 0.4) is 0 Å². The van der Waals surface area contributed by atoms with E-state index in [4.69, 9.17) is 0 Å². The summed E-state index contributed by atoms with van der Waals surface area (Å²) in [7, 11) is 1.38. The van der Waals surface area contributed by atoms with Gasteiger partial charge in [-0.1, -0.05) is 48.0 Å². The third-order valence-electron chi connectivity index (χ3n) is 5.46. The number of fused-ring (bicyclic) bond motifs is 1. The van der Waals surface area contributed by atoms with Crippen LogP contribution in [0.1, 0.15) is 40.3 Å². The van der Waals surface area contributed by atoms with Crippen LogP contribution >= 0.6 is 0 Å². The van der Waals surface area contributed by atoms with Gasteiger partial charge in [-0.2, -0.15) is 0 Å². The van der Waals surface area contributed by atoms with Crippen molar-refractivity contribution in [1.82, 2.24) is 4.90 Å². The molecule has 1 unspecified atom stereocenters. The van der Waals surface area contributed by atoms with Gasteiger partial charge in [0.05, 0.1) is 13.7 Å². The molecule has 0 saturated heterocycles. The summed E-state index contributed by atoms with van der Waals surface area (Å²) in [4.78, 5) is 13.7. The molecule has 28 heavy (non-hydrogen) atoms. The first kappa shape index (κ1) is 20.3. The van der Waals surface area contributed by atoms with Crippen molar-refractivity contribution in [2.75, 3.05) is 26.8 Å². The van der Waals surface area contributed by atoms with Gasteiger partial charge >= 0.3 is 5.97 Å². The monoisotopic (exact) mass is 379 g/mol. The second kappa shape index (κ2) is 9.67. The van der Waals surface area contributed by atoms with Gasteiger partial charge < -0.3 is 9.84 Å². The van der Waals surface area contributed by atoms with Crippen molar-refractivity contribution < 1.29 is 14.6 Å². The van der Waals surface area contributed by atoms with Gasteiger partial charge in [-0.05, 0) is 54.5 Å². The van der Waals surface area contributed by atoms with Gasteiger partial charge in [0, 0.05) is 25.2 Å². The van der Waals surface area contributed by atoms with Crippen LogP contribution in [0.5, 0.6) is 0 Å². The summed E-state index contributed by atoms with van der Waals surface area (Å²) in [5.41, 5.74) is 6.29. The SMILES string of the molecule is COC(=O)C=Cc1ccc2c(c1)CCC2N(CCO)CCc1ccc(C)cc1. The predicted molar refractivity (Wildman–Crippen MR) is 112 cm³/mol. The van der Waals surface area contributed by atoms with E-state index < -0.39 is 0 Å². The minimum Gasteiger partial charge on any atom is -0.466 e. The number of aryl methyl sites for hydroxylation is 2. The number of methoxy groups -OCH3 is 1. The Morgan fingerprint density at radius 2 is 2.00 bits per heavy atom. The van der Waals surface area contributed by atoms with Gasteiger partial charge in [-0.15, -0.1) is 0 Å². The first-order chi connectivity index (χ1) is 13.6. The number of hydrogen-bond acceptors (Lipinski definition) is 4. The summed E-state index contributed by atoms with van der Waals surface area (Å²) in [5.74, 6) is -0.344. The van der Waals surface area contributed by atoms with Crippen LogP contribution in [0, 0.1) is 6.92 Å². The molecule has 3 rings (SSSR count). The van der Waals surface area contributed by atoms with Gasteiger partial charge in [0.1, 0.15) is 0 Å². The van der Waals surface area contributed by atoms with Crippen LogP contribution in [0.2, 0.25) is 0 Å². The van der Waals surface area contributed by atoms with Gasteiger partial charge in [-0.25, -0.2) is 4.79 Å². The van der Waals surface area contributed by atoms with Gasteiger partial charge in [-0.3, -0.25) is 4.90 Å². The molecule has 148 valence electrons. The third-order valence-corrected chi connectivity index (χ3v) is 5.46. The Morgan fingerprint density at radius 1 is 1.21 bits per heavy atom. The van der Waals surface area contributed by atoms with E-state index in [0.29, 0.717) is 12.6 Å². The quantitative estimate of drug-likeness (QED) is 0.561. The average molecular weight is 380 g/mol. The standard InChI is InChI=1S/C24H29NO3/c1-18-3-5-19(6-4-18)13-14-25(15-16-26)23-11-9-21-17-20(7-10-22(21)23)8-12-24(27)28-2/h3-8,10,12,17,23,26H,9,11,13-16H2,1-2H3. The van der Waals surface area contributed by atoms with E-state index in [2.05, 4.69) is 53.0 Å². The zero-order valence-corrected chi connectivity index (χ0v) is 16.7. The molecule has 0 bridgehead atoms. The Hall–Kier alpha value is -2.43. The highest BCUT2D eigenvalue weighted by molar-refractivity contribution is 5.86. The molecule has 1 aliphatic carbocycles. The second-order valence-corrected chi connectivity index (χ2v) is 7.36. The number of rotatable bonds is 8. The number of benzene rings is 2. The van der Waals surface area contributed by atoms with Gasteiger partial charge in [0.25, 0.3) is 0 Å². The molecule has 2 aromatic carbocycles. The molecule has 0 saturated carbocycles. The molecule has 0 spiro atoms. The zero-order valence-electron chi connectivity index (χ0n) is 16.7. The van der Waals surface area contributed by atoms with Crippen LogP contribution in [0.15, 0.2) is 48.5 Å². The molecule has 1 aliphatic rings. The lowest BCUT2D eigenvalue weighted by Crippen LogP contribution is -2.32. The molecule has 1 atom stereocenters. The van der Waals surface area contributed by atoms with Gasteiger partial charge in [0.15, 0.2) is 0 Å². The van der Waals surface area contributed by atoms with Crippen LogP contribution in [0.25, 0.3) is 6.08 Å². The fourth-order valence-corrected chi connectivity index (χ4v) is 3.91. The van der Waals surface area contributed by atoms with Crippen molar-refractivity contribution in [2.24, 2.45) is 0 Å². The Balaban J connectivity index is 1.70. The summed E-state index contributed by atoms with van der Waals surface area (Å²) < 4.78 is 4.65. The van der Waals surface area contributed by atoms with Crippen molar-refractivity contribution in [3.63, 3.8) is 0 Å². The summed E-state index contributed by atoms with van der Waals surface area (Å²) in [6, 6.07) is 15.4. The van der Waals surface area contributed by atoms with Crippen LogP contribution in [-0.4, -0.2) is 42.8 Å². The highest BCUT2D eigenvalue weighted by Gasteiger charge is 2.27. The third kappa shape index (κ3) is 5.09. The molecule has 0 fully saturated rings. The first-order valence-electron chi connectivity index (χ1n) is 9.90. The normalized spacial score (nSPS) is 15.9. The molecule has 2 aromatic rings. The highest BCUT2D eigenvalue weighted by Crippen LogP contribution is 2.36. The fourth-order valence-electron chi connectivity index (χ4n) is 3.91. The second-order valence-electron chi connectivity index (χ2n) is 7.36. The summed E-state index contributed by atoms with van der Waals surface area (Å²) >= 11 is 0. The maximum Gasteiger partial charge on any atom is 0.330 e. The van der Waals surface area contributed by atoms with Crippen molar-refractivity contribution in [3.8, 4) is 0 Å². The molecule has 4 heteroatoms. The smallest absolute Gasteiger partial charge is 0.330 e. The molecule has 0 heterocycles. The van der Waals surface area contributed by atoms with Crippen molar-refractivity contribution in [3.05, 3.63) is 76.4 Å². The van der Waals surface area contributed by atoms with E-state index in [1.54, 1.807) is 6.08 Å². The van der Waals surface area contributed by atoms with Crippen molar-refractivity contribution in [2.45, 2.75) is 32.2 Å². The molecular formula is C24H29NO3. The largest absolute Gasteiger partial charge is 0.466 e. The molecule has 0 aliphatic heterocycles. The lowest BCUT2D eigenvalue weighted by molar-refractivity contribution is -0.134.